The highest BCUT2D eigenvalue weighted by atomic mass is 35.5. The van der Waals surface area contributed by atoms with Crippen LogP contribution in [0.1, 0.15) is 24.8 Å². The number of piperazine rings is 1. The minimum Gasteiger partial charge on any atom is -0.482 e. The molecule has 0 spiro atoms. The van der Waals surface area contributed by atoms with E-state index in [1.165, 1.54) is 28.1 Å². The van der Waals surface area contributed by atoms with Crippen LogP contribution >= 0.6 is 11.6 Å². The smallest absolute Gasteiger partial charge is 0.260 e. The SMILES string of the molecule is O=C(COc1ccc(S(=O)(=O)N2CCCCC2)cc1Cl)N1CCN(C/C=C/c2ccccc2)CC1. The molecular formula is C26H32ClN3O4S. The average Bonchev–Trinajstić information content (AvgIpc) is 2.89. The fourth-order valence-electron chi connectivity index (χ4n) is 4.33. The first kappa shape index (κ1) is 25.7. The van der Waals surface area contributed by atoms with Gasteiger partial charge in [-0.05, 0) is 36.6 Å². The summed E-state index contributed by atoms with van der Waals surface area (Å²) in [5, 5.41) is 0.186. The number of hydrogen-bond acceptors (Lipinski definition) is 5. The second-order valence-corrected chi connectivity index (χ2v) is 11.2. The number of nitrogens with zero attached hydrogens (tertiary/aromatic N) is 3. The van der Waals surface area contributed by atoms with Crippen molar-refractivity contribution >= 4 is 33.6 Å². The number of sulfonamides is 1. The van der Waals surface area contributed by atoms with Crippen LogP contribution < -0.4 is 4.74 Å². The summed E-state index contributed by atoms with van der Waals surface area (Å²) in [4.78, 5) is 16.9. The highest BCUT2D eigenvalue weighted by molar-refractivity contribution is 7.89. The number of amides is 1. The molecule has 0 N–H and O–H groups in total. The zero-order valence-corrected chi connectivity index (χ0v) is 21.4. The van der Waals surface area contributed by atoms with Gasteiger partial charge in [-0.3, -0.25) is 9.69 Å². The van der Waals surface area contributed by atoms with E-state index in [4.69, 9.17) is 16.3 Å². The maximum absolute atomic E-state index is 12.8. The molecule has 4 rings (SSSR count). The van der Waals surface area contributed by atoms with Crippen LogP contribution in [0.2, 0.25) is 5.02 Å². The lowest BCUT2D eigenvalue weighted by atomic mass is 10.2. The van der Waals surface area contributed by atoms with E-state index in [9.17, 15) is 13.2 Å². The third-order valence-corrected chi connectivity index (χ3v) is 8.60. The number of ether oxygens (including phenoxy) is 1. The maximum atomic E-state index is 12.8. The fraction of sp³-hybridized carbons (Fsp3) is 0.423. The molecule has 7 nitrogen and oxygen atoms in total. The normalized spacial score (nSPS) is 18.1. The van der Waals surface area contributed by atoms with Gasteiger partial charge in [-0.25, -0.2) is 8.42 Å². The molecule has 0 saturated carbocycles. The van der Waals surface area contributed by atoms with Gasteiger partial charge in [0.25, 0.3) is 5.91 Å². The second kappa shape index (κ2) is 12.0. The number of carbonyl (C=O) groups excluding carboxylic acids is 1. The van der Waals surface area contributed by atoms with Crippen molar-refractivity contribution in [2.75, 3.05) is 52.4 Å². The van der Waals surface area contributed by atoms with E-state index < -0.39 is 10.0 Å². The van der Waals surface area contributed by atoms with Gasteiger partial charge in [0.1, 0.15) is 5.75 Å². The van der Waals surface area contributed by atoms with Crippen LogP contribution in [0.3, 0.4) is 0 Å². The highest BCUT2D eigenvalue weighted by Crippen LogP contribution is 2.29. The summed E-state index contributed by atoms with van der Waals surface area (Å²) in [5.41, 5.74) is 1.18. The number of hydrogen-bond donors (Lipinski definition) is 0. The Balaban J connectivity index is 1.24. The van der Waals surface area contributed by atoms with E-state index >= 15 is 0 Å². The number of halogens is 1. The standard InChI is InChI=1S/C26H32ClN3O4S/c27-24-20-23(35(32,33)30-14-5-2-6-15-30)11-12-25(24)34-21-26(31)29-18-16-28(17-19-29)13-7-10-22-8-3-1-4-9-22/h1,3-4,7-12,20H,2,5-6,13-19,21H2/b10-7+. The number of carbonyl (C=O) groups is 1. The summed E-state index contributed by atoms with van der Waals surface area (Å²) < 4.78 is 32.8. The lowest BCUT2D eigenvalue weighted by Gasteiger charge is -2.34. The Labute approximate surface area is 213 Å². The molecule has 0 atom stereocenters. The number of benzene rings is 2. The van der Waals surface area contributed by atoms with Crippen LogP contribution in [0.15, 0.2) is 59.5 Å². The summed E-state index contributed by atoms with van der Waals surface area (Å²) in [6.07, 6.45) is 7.04. The molecule has 9 heteroatoms. The summed E-state index contributed by atoms with van der Waals surface area (Å²) in [7, 11) is -3.57. The average molecular weight is 518 g/mol. The second-order valence-electron chi connectivity index (χ2n) is 8.84. The Morgan fingerprint density at radius 1 is 0.943 bits per heavy atom. The Kier molecular flexibility index (Phi) is 8.83. The Hall–Kier alpha value is -2.39. The van der Waals surface area contributed by atoms with Crippen LogP contribution in [0.25, 0.3) is 6.08 Å². The van der Waals surface area contributed by atoms with Gasteiger partial charge in [-0.1, -0.05) is 60.5 Å². The number of piperidine rings is 1. The monoisotopic (exact) mass is 517 g/mol. The molecule has 2 heterocycles. The largest absolute Gasteiger partial charge is 0.482 e. The molecule has 2 aromatic carbocycles. The van der Waals surface area contributed by atoms with Crippen LogP contribution in [0, 0.1) is 0 Å². The predicted molar refractivity (Wildman–Crippen MR) is 138 cm³/mol. The van der Waals surface area contributed by atoms with Gasteiger partial charge >= 0.3 is 0 Å². The molecule has 0 bridgehead atoms. The van der Waals surface area contributed by atoms with Crippen molar-refractivity contribution in [1.29, 1.82) is 0 Å². The summed E-state index contributed by atoms with van der Waals surface area (Å²) >= 11 is 6.31. The van der Waals surface area contributed by atoms with E-state index in [0.717, 1.165) is 38.9 Å². The molecule has 0 aliphatic carbocycles. The molecule has 1 amide bonds. The summed E-state index contributed by atoms with van der Waals surface area (Å²) in [6, 6.07) is 14.6. The van der Waals surface area contributed by atoms with E-state index in [2.05, 4.69) is 29.2 Å². The molecule has 2 aliphatic rings. The minimum atomic E-state index is -3.57. The first-order valence-corrected chi connectivity index (χ1v) is 13.9. The lowest BCUT2D eigenvalue weighted by Crippen LogP contribution is -2.49. The van der Waals surface area contributed by atoms with Gasteiger partial charge < -0.3 is 9.64 Å². The van der Waals surface area contributed by atoms with E-state index in [1.54, 1.807) is 4.90 Å². The first-order chi connectivity index (χ1) is 16.9. The van der Waals surface area contributed by atoms with Gasteiger partial charge in [-0.15, -0.1) is 0 Å². The van der Waals surface area contributed by atoms with E-state index in [0.29, 0.717) is 31.9 Å². The van der Waals surface area contributed by atoms with Crippen molar-refractivity contribution in [1.82, 2.24) is 14.1 Å². The van der Waals surface area contributed by atoms with E-state index in [-0.39, 0.29) is 22.4 Å². The Bertz CT molecular complexity index is 1130. The maximum Gasteiger partial charge on any atom is 0.260 e. The van der Waals surface area contributed by atoms with Crippen molar-refractivity contribution < 1.29 is 17.9 Å². The fourth-order valence-corrected chi connectivity index (χ4v) is 6.17. The molecule has 2 saturated heterocycles. The van der Waals surface area contributed by atoms with Gasteiger partial charge in [-0.2, -0.15) is 4.31 Å². The first-order valence-electron chi connectivity index (χ1n) is 12.1. The molecule has 0 radical (unpaired) electrons. The molecule has 35 heavy (non-hydrogen) atoms. The number of rotatable bonds is 8. The molecule has 2 aliphatic heterocycles. The third kappa shape index (κ3) is 6.85. The topological polar surface area (TPSA) is 70.2 Å². The highest BCUT2D eigenvalue weighted by Gasteiger charge is 2.27. The summed E-state index contributed by atoms with van der Waals surface area (Å²) in [6.45, 7) is 4.65. The molecule has 0 unspecified atom stereocenters. The van der Waals surface area contributed by atoms with Gasteiger partial charge in [0.15, 0.2) is 6.61 Å². The van der Waals surface area contributed by atoms with Gasteiger partial charge in [0, 0.05) is 45.8 Å². The molecule has 2 fully saturated rings. The van der Waals surface area contributed by atoms with Crippen molar-refractivity contribution in [2.45, 2.75) is 24.2 Å². The third-order valence-electron chi connectivity index (χ3n) is 6.41. The van der Waals surface area contributed by atoms with Crippen molar-refractivity contribution in [3.63, 3.8) is 0 Å². The zero-order chi connectivity index (χ0) is 24.7. The molecule has 188 valence electrons. The van der Waals surface area contributed by atoms with E-state index in [1.807, 2.05) is 18.2 Å². The van der Waals surface area contributed by atoms with Crippen molar-refractivity contribution in [3.8, 4) is 5.75 Å². The molecule has 2 aromatic rings. The van der Waals surface area contributed by atoms with Crippen LogP contribution in [-0.2, 0) is 14.8 Å². The van der Waals surface area contributed by atoms with Gasteiger partial charge in [0.05, 0.1) is 9.92 Å². The lowest BCUT2D eigenvalue weighted by molar-refractivity contribution is -0.135. The van der Waals surface area contributed by atoms with Crippen molar-refractivity contribution in [2.24, 2.45) is 0 Å². The Morgan fingerprint density at radius 2 is 1.66 bits per heavy atom. The quantitative estimate of drug-likeness (QED) is 0.533. The van der Waals surface area contributed by atoms with Crippen molar-refractivity contribution in [3.05, 3.63) is 65.2 Å². The zero-order valence-electron chi connectivity index (χ0n) is 19.8. The van der Waals surface area contributed by atoms with Crippen LogP contribution in [0.5, 0.6) is 5.75 Å². The van der Waals surface area contributed by atoms with Crippen LogP contribution in [0.4, 0.5) is 0 Å². The molecular weight excluding hydrogens is 486 g/mol. The van der Waals surface area contributed by atoms with Gasteiger partial charge in [0.2, 0.25) is 10.0 Å². The summed E-state index contributed by atoms with van der Waals surface area (Å²) in [5.74, 6) is 0.202. The predicted octanol–water partition coefficient (Wildman–Crippen LogP) is 3.75. The minimum absolute atomic E-state index is 0.106. The Morgan fingerprint density at radius 3 is 2.34 bits per heavy atom. The van der Waals surface area contributed by atoms with Crippen LogP contribution in [-0.4, -0.2) is 80.9 Å². The molecule has 0 aromatic heterocycles.